The Labute approximate surface area is 143 Å². The van der Waals surface area contributed by atoms with Crippen molar-refractivity contribution in [3.05, 3.63) is 94.1 Å². The zero-order chi connectivity index (χ0) is 16.5. The molecule has 0 aliphatic rings. The normalized spacial score (nSPS) is 10.9. The SMILES string of the molecule is O=c1c(-c2cccc(Cl)c2)c(-c2ccccc2)oc2ccccc12. The molecule has 4 aromatic rings. The number of hydrogen-bond acceptors (Lipinski definition) is 2. The van der Waals surface area contributed by atoms with E-state index < -0.39 is 0 Å². The number of fused-ring (bicyclic) bond motifs is 1. The van der Waals surface area contributed by atoms with Crippen LogP contribution in [0.15, 0.2) is 88.1 Å². The lowest BCUT2D eigenvalue weighted by Gasteiger charge is -2.10. The summed E-state index contributed by atoms with van der Waals surface area (Å²) in [6.45, 7) is 0. The molecule has 1 heterocycles. The predicted octanol–water partition coefficient (Wildman–Crippen LogP) is 5.78. The van der Waals surface area contributed by atoms with Gasteiger partial charge in [-0.05, 0) is 29.8 Å². The molecular formula is C21H13ClO2. The highest BCUT2D eigenvalue weighted by atomic mass is 35.5. The molecular weight excluding hydrogens is 320 g/mol. The fourth-order valence-corrected chi connectivity index (χ4v) is 3.03. The fraction of sp³-hybridized carbons (Fsp3) is 0. The van der Waals surface area contributed by atoms with Crippen molar-refractivity contribution in [3.63, 3.8) is 0 Å². The van der Waals surface area contributed by atoms with Crippen LogP contribution in [0, 0.1) is 0 Å². The highest BCUT2D eigenvalue weighted by Gasteiger charge is 2.17. The lowest BCUT2D eigenvalue weighted by Crippen LogP contribution is -2.07. The van der Waals surface area contributed by atoms with Gasteiger partial charge in [0, 0.05) is 10.6 Å². The maximum atomic E-state index is 13.1. The Morgan fingerprint density at radius 2 is 1.46 bits per heavy atom. The molecule has 0 fully saturated rings. The predicted molar refractivity (Wildman–Crippen MR) is 98.4 cm³/mol. The summed E-state index contributed by atoms with van der Waals surface area (Å²) >= 11 is 6.13. The molecule has 24 heavy (non-hydrogen) atoms. The molecule has 0 saturated carbocycles. The third kappa shape index (κ3) is 2.51. The maximum absolute atomic E-state index is 13.1. The van der Waals surface area contributed by atoms with E-state index in [-0.39, 0.29) is 5.43 Å². The average molecular weight is 333 g/mol. The van der Waals surface area contributed by atoms with Crippen molar-refractivity contribution in [1.82, 2.24) is 0 Å². The minimum atomic E-state index is -0.0574. The first-order valence-corrected chi connectivity index (χ1v) is 7.99. The van der Waals surface area contributed by atoms with Gasteiger partial charge in [0.15, 0.2) is 0 Å². The average Bonchev–Trinajstić information content (AvgIpc) is 2.62. The van der Waals surface area contributed by atoms with Gasteiger partial charge >= 0.3 is 0 Å². The van der Waals surface area contributed by atoms with Gasteiger partial charge in [-0.3, -0.25) is 4.79 Å². The van der Waals surface area contributed by atoms with E-state index in [1.165, 1.54) is 0 Å². The second kappa shape index (κ2) is 5.99. The Balaban J connectivity index is 2.13. The zero-order valence-electron chi connectivity index (χ0n) is 12.7. The summed E-state index contributed by atoms with van der Waals surface area (Å²) in [6, 6.07) is 24.2. The van der Waals surface area contributed by atoms with E-state index in [0.29, 0.717) is 27.3 Å². The van der Waals surface area contributed by atoms with Crippen LogP contribution < -0.4 is 5.43 Å². The summed E-state index contributed by atoms with van der Waals surface area (Å²) < 4.78 is 6.11. The van der Waals surface area contributed by atoms with Crippen LogP contribution in [0.25, 0.3) is 33.4 Å². The third-order valence-electron chi connectivity index (χ3n) is 3.95. The van der Waals surface area contributed by atoms with Crippen molar-refractivity contribution in [2.45, 2.75) is 0 Å². The first kappa shape index (κ1) is 14.7. The van der Waals surface area contributed by atoms with Gasteiger partial charge in [0.1, 0.15) is 11.3 Å². The zero-order valence-corrected chi connectivity index (χ0v) is 13.5. The van der Waals surface area contributed by atoms with E-state index in [1.807, 2.05) is 60.7 Å². The minimum Gasteiger partial charge on any atom is -0.455 e. The fourth-order valence-electron chi connectivity index (χ4n) is 2.84. The molecule has 116 valence electrons. The monoisotopic (exact) mass is 332 g/mol. The highest BCUT2D eigenvalue weighted by Crippen LogP contribution is 2.33. The molecule has 0 spiro atoms. The first-order valence-electron chi connectivity index (χ1n) is 7.61. The van der Waals surface area contributed by atoms with E-state index in [0.717, 1.165) is 11.1 Å². The number of halogens is 1. The van der Waals surface area contributed by atoms with E-state index in [9.17, 15) is 4.79 Å². The Hall–Kier alpha value is -2.84. The number of rotatable bonds is 2. The van der Waals surface area contributed by atoms with Crippen molar-refractivity contribution in [1.29, 1.82) is 0 Å². The van der Waals surface area contributed by atoms with Gasteiger partial charge in [0.05, 0.1) is 10.9 Å². The summed E-state index contributed by atoms with van der Waals surface area (Å²) in [7, 11) is 0. The molecule has 0 radical (unpaired) electrons. The molecule has 0 aliphatic heterocycles. The van der Waals surface area contributed by atoms with Crippen molar-refractivity contribution in [2.75, 3.05) is 0 Å². The molecule has 4 rings (SSSR count). The van der Waals surface area contributed by atoms with Gasteiger partial charge in [-0.2, -0.15) is 0 Å². The molecule has 0 N–H and O–H groups in total. The van der Waals surface area contributed by atoms with Crippen LogP contribution in [0.3, 0.4) is 0 Å². The lowest BCUT2D eigenvalue weighted by atomic mass is 9.98. The summed E-state index contributed by atoms with van der Waals surface area (Å²) in [5.74, 6) is 0.557. The molecule has 1 aromatic heterocycles. The quantitative estimate of drug-likeness (QED) is 0.465. The van der Waals surface area contributed by atoms with Gasteiger partial charge in [-0.25, -0.2) is 0 Å². The Morgan fingerprint density at radius 3 is 2.25 bits per heavy atom. The molecule has 3 heteroatoms. The number of para-hydroxylation sites is 1. The Morgan fingerprint density at radius 1 is 0.750 bits per heavy atom. The second-order valence-corrected chi connectivity index (χ2v) is 5.94. The van der Waals surface area contributed by atoms with Crippen molar-refractivity contribution < 1.29 is 4.42 Å². The van der Waals surface area contributed by atoms with Gasteiger partial charge in [0.25, 0.3) is 0 Å². The summed E-state index contributed by atoms with van der Waals surface area (Å²) in [5, 5.41) is 1.14. The molecule has 2 nitrogen and oxygen atoms in total. The summed E-state index contributed by atoms with van der Waals surface area (Å²) in [4.78, 5) is 13.1. The van der Waals surface area contributed by atoms with Gasteiger partial charge in [0.2, 0.25) is 5.43 Å². The first-order chi connectivity index (χ1) is 11.7. The molecule has 0 saturated heterocycles. The van der Waals surface area contributed by atoms with Crippen molar-refractivity contribution in [2.24, 2.45) is 0 Å². The standard InChI is InChI=1S/C21H13ClO2/c22-16-10-6-9-15(13-16)19-20(23)17-11-4-5-12-18(17)24-21(19)14-7-2-1-3-8-14/h1-13H. The summed E-state index contributed by atoms with van der Waals surface area (Å²) in [6.07, 6.45) is 0. The maximum Gasteiger partial charge on any atom is 0.201 e. The van der Waals surface area contributed by atoms with Gasteiger partial charge < -0.3 is 4.42 Å². The summed E-state index contributed by atoms with van der Waals surface area (Å²) in [5.41, 5.74) is 2.66. The van der Waals surface area contributed by atoms with Crippen LogP contribution in [0.4, 0.5) is 0 Å². The van der Waals surface area contributed by atoms with Crippen LogP contribution in [-0.4, -0.2) is 0 Å². The molecule has 3 aromatic carbocycles. The number of hydrogen-bond donors (Lipinski definition) is 0. The van der Waals surface area contributed by atoms with Crippen molar-refractivity contribution >= 4 is 22.6 Å². The van der Waals surface area contributed by atoms with E-state index >= 15 is 0 Å². The molecule has 0 amide bonds. The van der Waals surface area contributed by atoms with Crippen LogP contribution in [0.1, 0.15) is 0 Å². The smallest absolute Gasteiger partial charge is 0.201 e. The largest absolute Gasteiger partial charge is 0.455 e. The van der Waals surface area contributed by atoms with E-state index in [2.05, 4.69) is 0 Å². The molecule has 0 atom stereocenters. The van der Waals surface area contributed by atoms with Crippen LogP contribution in [0.2, 0.25) is 5.02 Å². The van der Waals surface area contributed by atoms with Crippen LogP contribution in [0.5, 0.6) is 0 Å². The lowest BCUT2D eigenvalue weighted by molar-refractivity contribution is 0.621. The van der Waals surface area contributed by atoms with Crippen molar-refractivity contribution in [3.8, 4) is 22.5 Å². The van der Waals surface area contributed by atoms with Gasteiger partial charge in [-0.1, -0.05) is 66.2 Å². The van der Waals surface area contributed by atoms with E-state index in [4.69, 9.17) is 16.0 Å². The van der Waals surface area contributed by atoms with Gasteiger partial charge in [-0.15, -0.1) is 0 Å². The Bertz CT molecular complexity index is 1080. The highest BCUT2D eigenvalue weighted by molar-refractivity contribution is 6.30. The van der Waals surface area contributed by atoms with E-state index in [1.54, 1.807) is 18.2 Å². The molecule has 0 unspecified atom stereocenters. The Kier molecular flexibility index (Phi) is 3.68. The topological polar surface area (TPSA) is 30.2 Å². The second-order valence-electron chi connectivity index (χ2n) is 5.51. The minimum absolute atomic E-state index is 0.0574. The van der Waals surface area contributed by atoms with Crippen LogP contribution >= 0.6 is 11.6 Å². The molecule has 0 aliphatic carbocycles. The van der Waals surface area contributed by atoms with Crippen LogP contribution in [-0.2, 0) is 0 Å². The molecule has 0 bridgehead atoms. The third-order valence-corrected chi connectivity index (χ3v) is 4.18. The number of benzene rings is 3.